The van der Waals surface area contributed by atoms with Gasteiger partial charge in [-0.1, -0.05) is 20.8 Å². The van der Waals surface area contributed by atoms with Crippen LogP contribution in [0, 0.1) is 22.6 Å². The fourth-order valence-corrected chi connectivity index (χ4v) is 3.11. The molecule has 2 aromatic rings. The van der Waals surface area contributed by atoms with Crippen LogP contribution in [-0.2, 0) is 11.3 Å². The van der Waals surface area contributed by atoms with E-state index in [1.165, 1.54) is 18.2 Å². The van der Waals surface area contributed by atoms with Crippen molar-refractivity contribution in [1.29, 1.82) is 5.26 Å². The van der Waals surface area contributed by atoms with Crippen LogP contribution in [0.5, 0.6) is 0 Å². The number of hydrogen-bond donors (Lipinski definition) is 3. The van der Waals surface area contributed by atoms with Crippen molar-refractivity contribution in [3.8, 4) is 6.07 Å². The third-order valence-corrected chi connectivity index (χ3v) is 4.65. The van der Waals surface area contributed by atoms with Crippen LogP contribution in [0.15, 0.2) is 18.2 Å². The first-order chi connectivity index (χ1) is 14.2. The second kappa shape index (κ2) is 10.2. The summed E-state index contributed by atoms with van der Waals surface area (Å²) in [6, 6.07) is 5.30. The molecule has 0 saturated carbocycles. The van der Waals surface area contributed by atoms with E-state index in [0.29, 0.717) is 36.7 Å². The van der Waals surface area contributed by atoms with Crippen molar-refractivity contribution in [3.63, 3.8) is 0 Å². The van der Waals surface area contributed by atoms with Gasteiger partial charge in [0.2, 0.25) is 5.91 Å². The van der Waals surface area contributed by atoms with Crippen molar-refractivity contribution in [3.05, 3.63) is 29.7 Å². The third kappa shape index (κ3) is 5.76. The Morgan fingerprint density at radius 1 is 1.33 bits per heavy atom. The fraction of sp³-hybridized carbons (Fsp3) is 0.524. The Morgan fingerprint density at radius 3 is 2.70 bits per heavy atom. The number of halogens is 1. The summed E-state index contributed by atoms with van der Waals surface area (Å²) in [6.07, 6.45) is 1.75. The molecule has 9 heteroatoms. The van der Waals surface area contributed by atoms with E-state index >= 15 is 0 Å². The molecule has 1 aromatic carbocycles. The number of aromatic nitrogens is 2. The smallest absolute Gasteiger partial charge is 0.273 e. The van der Waals surface area contributed by atoms with Crippen molar-refractivity contribution in [2.45, 2.75) is 52.6 Å². The number of nitrogens with zero attached hydrogens (tertiary/aromatic N) is 3. The highest BCUT2D eigenvalue weighted by atomic mass is 19.1. The molecule has 0 aliphatic heterocycles. The second-order valence-electron chi connectivity index (χ2n) is 8.14. The second-order valence-corrected chi connectivity index (χ2v) is 8.14. The zero-order valence-corrected chi connectivity index (χ0v) is 17.5. The van der Waals surface area contributed by atoms with Crippen LogP contribution in [0.1, 0.15) is 50.5 Å². The van der Waals surface area contributed by atoms with Crippen LogP contribution in [0.25, 0.3) is 10.9 Å². The molecule has 1 heterocycles. The van der Waals surface area contributed by atoms with Gasteiger partial charge in [0.1, 0.15) is 11.9 Å². The van der Waals surface area contributed by atoms with Gasteiger partial charge in [0.25, 0.3) is 5.91 Å². The first kappa shape index (κ1) is 23.3. The Bertz CT molecular complexity index is 942. The summed E-state index contributed by atoms with van der Waals surface area (Å²) in [5.41, 5.74) is 0.000365. The summed E-state index contributed by atoms with van der Waals surface area (Å²) in [5, 5.41) is 27.8. The highest BCUT2D eigenvalue weighted by Gasteiger charge is 2.33. The van der Waals surface area contributed by atoms with E-state index in [1.54, 1.807) is 4.68 Å². The Kier molecular flexibility index (Phi) is 7.89. The molecule has 2 amide bonds. The maximum Gasteiger partial charge on any atom is 0.273 e. The number of amides is 2. The predicted octanol–water partition coefficient (Wildman–Crippen LogP) is 2.12. The van der Waals surface area contributed by atoms with Gasteiger partial charge >= 0.3 is 0 Å². The minimum absolute atomic E-state index is 0.0841. The lowest BCUT2D eigenvalue weighted by Crippen LogP contribution is -2.54. The molecule has 0 radical (unpaired) electrons. The van der Waals surface area contributed by atoms with Gasteiger partial charge in [-0.3, -0.25) is 14.3 Å². The summed E-state index contributed by atoms with van der Waals surface area (Å²) in [5.74, 6) is -1.39. The zero-order chi connectivity index (χ0) is 22.3. The molecule has 0 aliphatic carbocycles. The van der Waals surface area contributed by atoms with Crippen molar-refractivity contribution in [1.82, 2.24) is 20.4 Å². The molecule has 0 spiro atoms. The Hall–Kier alpha value is -2.99. The van der Waals surface area contributed by atoms with Gasteiger partial charge in [0.05, 0.1) is 18.2 Å². The standard InChI is InChI=1S/C21H28FN5O3/c1-21(2,3)18(20(30)24-10-12-28)25-19(29)17-15-8-7-14(22)13-16(15)27(26-17)11-6-4-5-9-23/h7-8,13,18,28H,4-6,10-12H2,1-3H3,(H,24,30)(H,25,29)/t18-/m1/s1. The number of nitriles is 1. The molecule has 162 valence electrons. The van der Waals surface area contributed by atoms with Gasteiger partial charge in [-0.25, -0.2) is 4.39 Å². The Balaban J connectivity index is 2.32. The minimum atomic E-state index is -0.854. The molecule has 0 aliphatic rings. The van der Waals surface area contributed by atoms with Gasteiger partial charge in [-0.15, -0.1) is 0 Å². The number of fused-ring (bicyclic) bond motifs is 1. The molecule has 0 bridgehead atoms. The minimum Gasteiger partial charge on any atom is -0.395 e. The SMILES string of the molecule is CC(C)(C)[C@H](NC(=O)c1nn(CCCCC#N)c2cc(F)ccc12)C(=O)NCCO. The first-order valence-corrected chi connectivity index (χ1v) is 9.91. The van der Waals surface area contributed by atoms with Crippen LogP contribution in [-0.4, -0.2) is 45.9 Å². The van der Waals surface area contributed by atoms with E-state index in [-0.39, 0.29) is 18.8 Å². The molecule has 1 atom stereocenters. The number of unbranched alkanes of at least 4 members (excludes halogenated alkanes) is 2. The number of aryl methyl sites for hydroxylation is 1. The number of rotatable bonds is 9. The van der Waals surface area contributed by atoms with Gasteiger partial charge < -0.3 is 15.7 Å². The van der Waals surface area contributed by atoms with Crippen molar-refractivity contribution in [2.75, 3.05) is 13.2 Å². The number of carbonyl (C=O) groups is 2. The lowest BCUT2D eigenvalue weighted by atomic mass is 9.86. The molecule has 0 saturated heterocycles. The third-order valence-electron chi connectivity index (χ3n) is 4.65. The van der Waals surface area contributed by atoms with E-state index in [2.05, 4.69) is 21.8 Å². The fourth-order valence-electron chi connectivity index (χ4n) is 3.11. The van der Waals surface area contributed by atoms with E-state index in [4.69, 9.17) is 10.4 Å². The molecule has 3 N–H and O–H groups in total. The lowest BCUT2D eigenvalue weighted by molar-refractivity contribution is -0.125. The number of carbonyl (C=O) groups excluding carboxylic acids is 2. The number of benzene rings is 1. The molecular formula is C21H28FN5O3. The monoisotopic (exact) mass is 417 g/mol. The van der Waals surface area contributed by atoms with Gasteiger partial charge in [-0.05, 0) is 36.5 Å². The van der Waals surface area contributed by atoms with Crippen LogP contribution < -0.4 is 10.6 Å². The molecule has 30 heavy (non-hydrogen) atoms. The molecule has 0 unspecified atom stereocenters. The number of aliphatic hydroxyl groups is 1. The highest BCUT2D eigenvalue weighted by molar-refractivity contribution is 6.06. The summed E-state index contributed by atoms with van der Waals surface area (Å²) in [7, 11) is 0. The van der Waals surface area contributed by atoms with Gasteiger partial charge in [-0.2, -0.15) is 10.4 Å². The first-order valence-electron chi connectivity index (χ1n) is 9.91. The lowest BCUT2D eigenvalue weighted by Gasteiger charge is -2.30. The van der Waals surface area contributed by atoms with Crippen LogP contribution in [0.3, 0.4) is 0 Å². The van der Waals surface area contributed by atoms with Gasteiger partial charge in [0.15, 0.2) is 5.69 Å². The highest BCUT2D eigenvalue weighted by Crippen LogP contribution is 2.23. The molecule has 0 fully saturated rings. The van der Waals surface area contributed by atoms with Crippen molar-refractivity contribution < 1.29 is 19.1 Å². The molecule has 2 rings (SSSR count). The van der Waals surface area contributed by atoms with E-state index in [9.17, 15) is 14.0 Å². The average molecular weight is 417 g/mol. The maximum atomic E-state index is 13.8. The normalized spacial score (nSPS) is 12.4. The summed E-state index contributed by atoms with van der Waals surface area (Å²) in [4.78, 5) is 25.5. The number of nitrogens with one attached hydrogen (secondary N) is 2. The molecule has 8 nitrogen and oxygen atoms in total. The van der Waals surface area contributed by atoms with E-state index in [1.807, 2.05) is 20.8 Å². The van der Waals surface area contributed by atoms with Crippen molar-refractivity contribution >= 4 is 22.7 Å². The number of aliphatic hydroxyl groups excluding tert-OH is 1. The van der Waals surface area contributed by atoms with E-state index in [0.717, 1.165) is 0 Å². The van der Waals surface area contributed by atoms with Crippen LogP contribution in [0.4, 0.5) is 4.39 Å². The van der Waals surface area contributed by atoms with Crippen LogP contribution in [0.2, 0.25) is 0 Å². The predicted molar refractivity (Wildman–Crippen MR) is 110 cm³/mol. The quantitative estimate of drug-likeness (QED) is 0.540. The topological polar surface area (TPSA) is 120 Å². The van der Waals surface area contributed by atoms with E-state index < -0.39 is 29.1 Å². The van der Waals surface area contributed by atoms with Crippen molar-refractivity contribution in [2.24, 2.45) is 5.41 Å². The molecular weight excluding hydrogens is 389 g/mol. The largest absolute Gasteiger partial charge is 0.395 e. The average Bonchev–Trinajstić information content (AvgIpc) is 3.04. The summed E-state index contributed by atoms with van der Waals surface area (Å²) >= 11 is 0. The summed E-state index contributed by atoms with van der Waals surface area (Å²) < 4.78 is 15.4. The summed E-state index contributed by atoms with van der Waals surface area (Å²) in [6.45, 7) is 5.77. The number of hydrogen-bond acceptors (Lipinski definition) is 5. The van der Waals surface area contributed by atoms with Gasteiger partial charge in [0, 0.05) is 24.9 Å². The van der Waals surface area contributed by atoms with Crippen LogP contribution >= 0.6 is 0 Å². The molecule has 1 aromatic heterocycles. The zero-order valence-electron chi connectivity index (χ0n) is 17.5. The Labute approximate surface area is 175 Å². The Morgan fingerprint density at radius 2 is 2.07 bits per heavy atom. The maximum absolute atomic E-state index is 13.8.